The number of allylic oxidation sites excluding steroid dienone is 1. The molecule has 1 N–H and O–H groups in total. The molecule has 0 aliphatic carbocycles. The first kappa shape index (κ1) is 23.0. The third-order valence-electron chi connectivity index (χ3n) is 4.48. The molecule has 30 heavy (non-hydrogen) atoms. The molecule has 0 aliphatic rings. The monoisotopic (exact) mass is 422 g/mol. The van der Waals surface area contributed by atoms with Gasteiger partial charge in [0.1, 0.15) is 17.4 Å². The van der Waals surface area contributed by atoms with E-state index >= 15 is 0 Å². The average molecular weight is 422 g/mol. The molecule has 0 amide bonds. The fraction of sp³-hybridized carbons (Fsp3) is 0.318. The normalized spacial score (nSPS) is 12.6. The van der Waals surface area contributed by atoms with Gasteiger partial charge in [0.2, 0.25) is 0 Å². The van der Waals surface area contributed by atoms with Crippen molar-refractivity contribution in [3.63, 3.8) is 0 Å². The van der Waals surface area contributed by atoms with E-state index in [-0.39, 0.29) is 5.75 Å². The number of carbonyl (C=O) groups excluding carboxylic acids is 1. The van der Waals surface area contributed by atoms with Gasteiger partial charge in [-0.1, -0.05) is 18.2 Å². The van der Waals surface area contributed by atoms with Crippen molar-refractivity contribution >= 4 is 11.9 Å². The van der Waals surface area contributed by atoms with E-state index < -0.39 is 23.9 Å². The number of aryl methyl sites for hydroxylation is 1. The summed E-state index contributed by atoms with van der Waals surface area (Å²) in [5.74, 6) is 0.151. The Morgan fingerprint density at radius 2 is 1.60 bits per heavy atom. The molecule has 0 aromatic heterocycles. The highest BCUT2D eigenvalue weighted by atomic mass is 19.4. The lowest BCUT2D eigenvalue weighted by Crippen LogP contribution is -2.37. The number of carbonyl (C=O) groups is 1. The van der Waals surface area contributed by atoms with Gasteiger partial charge >= 0.3 is 12.3 Å². The minimum absolute atomic E-state index is 0.322. The van der Waals surface area contributed by atoms with E-state index in [0.29, 0.717) is 28.0 Å². The highest BCUT2D eigenvalue weighted by molar-refractivity contribution is 5.76. The summed E-state index contributed by atoms with van der Waals surface area (Å²) < 4.78 is 46.8. The van der Waals surface area contributed by atoms with E-state index in [2.05, 4.69) is 4.74 Å². The summed E-state index contributed by atoms with van der Waals surface area (Å²) in [7, 11) is 0. The molecular weight excluding hydrogens is 401 g/mol. The zero-order valence-corrected chi connectivity index (χ0v) is 16.8. The number of alkyl halides is 3. The molecule has 0 bridgehead atoms. The molecule has 5 nitrogen and oxygen atoms in total. The summed E-state index contributed by atoms with van der Waals surface area (Å²) in [5, 5.41) is 9.17. The van der Waals surface area contributed by atoms with Crippen LogP contribution in [0.5, 0.6) is 11.5 Å². The number of hydrogen-bond acceptors (Lipinski definition) is 4. The second kappa shape index (κ2) is 8.63. The Hall–Kier alpha value is -3.25. The quantitative estimate of drug-likeness (QED) is 0.633. The number of halogens is 3. The largest absolute Gasteiger partial charge is 0.573 e. The van der Waals surface area contributed by atoms with Crippen molar-refractivity contribution in [1.82, 2.24) is 0 Å². The fourth-order valence-corrected chi connectivity index (χ4v) is 2.96. The molecule has 0 saturated heterocycles. The molecule has 1 atom stereocenters. The SMILES string of the molecule is CC(=C=O)C(c1ccc(OC(C)(C)C(=O)O)cc1)c1ccc(OC(F)(F)F)cc1C. The van der Waals surface area contributed by atoms with Gasteiger partial charge in [-0.15, -0.1) is 13.2 Å². The van der Waals surface area contributed by atoms with Crippen LogP contribution in [0.25, 0.3) is 0 Å². The molecule has 0 saturated carbocycles. The van der Waals surface area contributed by atoms with Gasteiger partial charge in [0.05, 0.1) is 0 Å². The van der Waals surface area contributed by atoms with E-state index in [1.165, 1.54) is 32.0 Å². The van der Waals surface area contributed by atoms with Gasteiger partial charge in [0, 0.05) is 11.5 Å². The first-order valence-corrected chi connectivity index (χ1v) is 8.94. The average Bonchev–Trinajstić information content (AvgIpc) is 2.63. The topological polar surface area (TPSA) is 72.8 Å². The highest BCUT2D eigenvalue weighted by Gasteiger charge is 2.32. The van der Waals surface area contributed by atoms with E-state index in [9.17, 15) is 27.9 Å². The number of benzene rings is 2. The third-order valence-corrected chi connectivity index (χ3v) is 4.48. The summed E-state index contributed by atoms with van der Waals surface area (Å²) in [6, 6.07) is 10.4. The van der Waals surface area contributed by atoms with Gasteiger partial charge in [-0.05, 0) is 68.7 Å². The number of carboxylic acid groups (broad SMARTS) is 1. The van der Waals surface area contributed by atoms with Gasteiger partial charge < -0.3 is 14.6 Å². The van der Waals surface area contributed by atoms with Gasteiger partial charge in [0.15, 0.2) is 5.60 Å². The minimum atomic E-state index is -4.80. The van der Waals surface area contributed by atoms with Crippen LogP contribution in [0.3, 0.4) is 0 Å². The first-order valence-electron chi connectivity index (χ1n) is 8.94. The predicted octanol–water partition coefficient (Wildman–Crippen LogP) is 5.05. The van der Waals surface area contributed by atoms with Crippen LogP contribution in [0.4, 0.5) is 13.2 Å². The van der Waals surface area contributed by atoms with Crippen LogP contribution in [0.2, 0.25) is 0 Å². The van der Waals surface area contributed by atoms with Crippen molar-refractivity contribution < 1.29 is 37.3 Å². The standard InChI is InChI=1S/C22H21F3O5/c1-13-11-17(30-22(23,24)25)9-10-18(13)19(14(2)12-26)15-5-7-16(8-6-15)29-21(3,4)20(27)28/h5-11,19H,1-4H3,(H,27,28). The van der Waals surface area contributed by atoms with Crippen LogP contribution in [0.15, 0.2) is 48.0 Å². The Balaban J connectivity index is 2.40. The lowest BCUT2D eigenvalue weighted by molar-refractivity contribution is -0.274. The lowest BCUT2D eigenvalue weighted by Gasteiger charge is -2.23. The maximum atomic E-state index is 12.5. The van der Waals surface area contributed by atoms with Crippen molar-refractivity contribution in [1.29, 1.82) is 0 Å². The Labute approximate surface area is 171 Å². The second-order valence-corrected chi connectivity index (χ2v) is 7.27. The number of hydrogen-bond donors (Lipinski definition) is 1. The van der Waals surface area contributed by atoms with Crippen molar-refractivity contribution in [3.05, 3.63) is 64.7 Å². The molecule has 2 aromatic rings. The van der Waals surface area contributed by atoms with E-state index in [4.69, 9.17) is 4.74 Å². The number of carboxylic acids is 1. The van der Waals surface area contributed by atoms with Gasteiger partial charge in [0.25, 0.3) is 0 Å². The summed E-state index contributed by atoms with van der Waals surface area (Å²) >= 11 is 0. The molecular formula is C22H21F3O5. The third kappa shape index (κ3) is 5.64. The predicted molar refractivity (Wildman–Crippen MR) is 103 cm³/mol. The summed E-state index contributed by atoms with van der Waals surface area (Å²) in [6.45, 7) is 6.03. The fourth-order valence-electron chi connectivity index (χ4n) is 2.96. The Kier molecular flexibility index (Phi) is 6.63. The lowest BCUT2D eigenvalue weighted by atomic mass is 9.84. The molecule has 160 valence electrons. The van der Waals surface area contributed by atoms with Crippen LogP contribution in [-0.2, 0) is 9.59 Å². The van der Waals surface area contributed by atoms with E-state index in [0.717, 1.165) is 0 Å². The molecule has 0 radical (unpaired) electrons. The zero-order chi connectivity index (χ0) is 22.7. The molecule has 0 fully saturated rings. The number of aliphatic carboxylic acids is 1. The van der Waals surface area contributed by atoms with Crippen LogP contribution < -0.4 is 9.47 Å². The molecule has 2 rings (SSSR count). The van der Waals surface area contributed by atoms with E-state index in [1.54, 1.807) is 38.1 Å². The molecule has 8 heteroatoms. The highest BCUT2D eigenvalue weighted by Crippen LogP contribution is 2.36. The zero-order valence-electron chi connectivity index (χ0n) is 16.8. The van der Waals surface area contributed by atoms with Crippen molar-refractivity contribution in [2.75, 3.05) is 0 Å². The van der Waals surface area contributed by atoms with Crippen molar-refractivity contribution in [2.24, 2.45) is 0 Å². The van der Waals surface area contributed by atoms with Crippen molar-refractivity contribution in [2.45, 2.75) is 45.6 Å². The van der Waals surface area contributed by atoms with Crippen molar-refractivity contribution in [3.8, 4) is 11.5 Å². The molecule has 2 aromatic carbocycles. The smallest absolute Gasteiger partial charge is 0.478 e. The minimum Gasteiger partial charge on any atom is -0.478 e. The first-order chi connectivity index (χ1) is 13.8. The van der Waals surface area contributed by atoms with E-state index in [1.807, 2.05) is 5.94 Å². The molecule has 0 heterocycles. The van der Waals surface area contributed by atoms with Gasteiger partial charge in [-0.25, -0.2) is 9.59 Å². The Morgan fingerprint density at radius 1 is 1.03 bits per heavy atom. The molecule has 0 aliphatic heterocycles. The molecule has 1 unspecified atom stereocenters. The Bertz CT molecular complexity index is 971. The number of ether oxygens (including phenoxy) is 2. The molecule has 0 spiro atoms. The maximum absolute atomic E-state index is 12.5. The van der Waals surface area contributed by atoms with Gasteiger partial charge in [-0.3, -0.25) is 0 Å². The second-order valence-electron chi connectivity index (χ2n) is 7.27. The Morgan fingerprint density at radius 3 is 2.07 bits per heavy atom. The van der Waals surface area contributed by atoms with Crippen LogP contribution in [0, 0.1) is 6.92 Å². The number of rotatable bonds is 7. The van der Waals surface area contributed by atoms with Crippen LogP contribution in [-0.4, -0.2) is 29.0 Å². The summed E-state index contributed by atoms with van der Waals surface area (Å²) in [6.07, 6.45) is -4.80. The summed E-state index contributed by atoms with van der Waals surface area (Å²) in [4.78, 5) is 22.6. The van der Waals surface area contributed by atoms with Gasteiger partial charge in [-0.2, -0.15) is 0 Å². The summed E-state index contributed by atoms with van der Waals surface area (Å²) in [5.41, 5.74) is 0.699. The van der Waals surface area contributed by atoms with Crippen LogP contribution >= 0.6 is 0 Å². The maximum Gasteiger partial charge on any atom is 0.573 e. The van der Waals surface area contributed by atoms with Crippen LogP contribution in [0.1, 0.15) is 43.4 Å².